The number of benzene rings is 1. The Morgan fingerprint density at radius 1 is 1.22 bits per heavy atom. The first-order chi connectivity index (χ1) is 11.1. The lowest BCUT2D eigenvalue weighted by Gasteiger charge is -2.00. The number of aromatic nitrogens is 1. The zero-order valence-corrected chi connectivity index (χ0v) is 12.6. The number of carbonyl (C=O) groups is 2. The van der Waals surface area contributed by atoms with Gasteiger partial charge in [0.15, 0.2) is 5.17 Å². The van der Waals surface area contributed by atoms with Crippen LogP contribution in [0.25, 0.3) is 6.08 Å². The van der Waals surface area contributed by atoms with Gasteiger partial charge in [0.25, 0.3) is 5.91 Å². The van der Waals surface area contributed by atoms with Crippen molar-refractivity contribution in [2.75, 3.05) is 0 Å². The van der Waals surface area contributed by atoms with Gasteiger partial charge in [-0.15, -0.1) is 0 Å². The van der Waals surface area contributed by atoms with Crippen molar-refractivity contribution in [3.05, 3.63) is 64.8 Å². The molecule has 1 aromatic carbocycles. The van der Waals surface area contributed by atoms with Gasteiger partial charge in [-0.25, -0.2) is 9.79 Å². The maximum Gasteiger partial charge on any atom is 0.337 e. The zero-order valence-electron chi connectivity index (χ0n) is 11.8. The number of nitrogens with one attached hydrogen (secondary N) is 1. The number of carboxylic acids is 1. The number of aliphatic imine (C=N–C) groups is 1. The quantitative estimate of drug-likeness (QED) is 0.847. The summed E-state index contributed by atoms with van der Waals surface area (Å²) in [6.07, 6.45) is 3.30. The molecule has 1 saturated heterocycles. The van der Waals surface area contributed by atoms with Crippen molar-refractivity contribution in [1.29, 1.82) is 0 Å². The molecule has 1 amide bonds. The van der Waals surface area contributed by atoms with Crippen molar-refractivity contribution < 1.29 is 14.7 Å². The monoisotopic (exact) mass is 325 g/mol. The number of rotatable bonds is 3. The fourth-order valence-corrected chi connectivity index (χ4v) is 2.76. The van der Waals surface area contributed by atoms with Gasteiger partial charge >= 0.3 is 5.97 Å². The van der Waals surface area contributed by atoms with Crippen molar-refractivity contribution in [2.24, 2.45) is 4.99 Å². The Morgan fingerprint density at radius 2 is 2.00 bits per heavy atom. The number of thioether (sulfide) groups is 1. The van der Waals surface area contributed by atoms with Crippen molar-refractivity contribution >= 4 is 40.6 Å². The van der Waals surface area contributed by atoms with Crippen molar-refractivity contribution in [1.82, 2.24) is 10.3 Å². The summed E-state index contributed by atoms with van der Waals surface area (Å²) in [5.74, 6) is -1.35. The summed E-state index contributed by atoms with van der Waals surface area (Å²) >= 11 is 1.15. The number of carboxylic acid groups (broad SMARTS) is 1. The first-order valence-corrected chi connectivity index (χ1v) is 7.48. The van der Waals surface area contributed by atoms with Gasteiger partial charge in [-0.3, -0.25) is 9.78 Å². The third kappa shape index (κ3) is 3.46. The molecule has 0 spiro atoms. The molecule has 1 aliphatic heterocycles. The van der Waals surface area contributed by atoms with E-state index in [-0.39, 0.29) is 11.5 Å². The van der Waals surface area contributed by atoms with Crippen LogP contribution in [0, 0.1) is 0 Å². The van der Waals surface area contributed by atoms with E-state index in [1.165, 1.54) is 6.07 Å². The lowest BCUT2D eigenvalue weighted by atomic mass is 10.2. The minimum Gasteiger partial charge on any atom is -0.478 e. The summed E-state index contributed by atoms with van der Waals surface area (Å²) in [6, 6.07) is 11.8. The number of hydrogen-bond acceptors (Lipinski definition) is 5. The second kappa shape index (κ2) is 6.45. The van der Waals surface area contributed by atoms with Gasteiger partial charge in [0.05, 0.1) is 21.8 Å². The third-order valence-corrected chi connectivity index (χ3v) is 3.88. The van der Waals surface area contributed by atoms with E-state index in [0.717, 1.165) is 11.8 Å². The van der Waals surface area contributed by atoms with Crippen LogP contribution in [0.5, 0.6) is 0 Å². The molecular weight excluding hydrogens is 314 g/mol. The van der Waals surface area contributed by atoms with E-state index in [1.807, 2.05) is 6.07 Å². The van der Waals surface area contributed by atoms with Gasteiger partial charge in [-0.05, 0) is 42.1 Å². The number of para-hydroxylation sites is 1. The summed E-state index contributed by atoms with van der Waals surface area (Å²) in [5, 5.41) is 12.1. The number of carbonyl (C=O) groups excluding carboxylic acids is 1. The highest BCUT2D eigenvalue weighted by molar-refractivity contribution is 8.18. The average Bonchev–Trinajstić information content (AvgIpc) is 2.88. The normalized spacial score (nSPS) is 17.5. The highest BCUT2D eigenvalue weighted by Gasteiger charge is 2.24. The number of nitrogens with zero attached hydrogens (tertiary/aromatic N) is 2. The van der Waals surface area contributed by atoms with Gasteiger partial charge in [-0.1, -0.05) is 18.2 Å². The summed E-state index contributed by atoms with van der Waals surface area (Å²) < 4.78 is 0. The van der Waals surface area contributed by atoms with Crippen LogP contribution in [-0.2, 0) is 4.79 Å². The lowest BCUT2D eigenvalue weighted by Crippen LogP contribution is -2.19. The highest BCUT2D eigenvalue weighted by atomic mass is 32.2. The van der Waals surface area contributed by atoms with E-state index in [0.29, 0.717) is 21.5 Å². The van der Waals surface area contributed by atoms with E-state index in [9.17, 15) is 9.59 Å². The van der Waals surface area contributed by atoms with E-state index >= 15 is 0 Å². The molecule has 0 aliphatic carbocycles. The zero-order chi connectivity index (χ0) is 16.2. The molecule has 3 rings (SSSR count). The van der Waals surface area contributed by atoms with Gasteiger partial charge < -0.3 is 10.4 Å². The van der Waals surface area contributed by atoms with Crippen LogP contribution in [0.2, 0.25) is 0 Å². The van der Waals surface area contributed by atoms with Crippen LogP contribution < -0.4 is 5.32 Å². The van der Waals surface area contributed by atoms with E-state index in [4.69, 9.17) is 5.11 Å². The molecule has 0 unspecified atom stereocenters. The van der Waals surface area contributed by atoms with Crippen LogP contribution in [0.4, 0.5) is 5.69 Å². The molecular formula is C16H11N3O3S. The Labute approximate surface area is 136 Å². The van der Waals surface area contributed by atoms with Gasteiger partial charge in [-0.2, -0.15) is 0 Å². The summed E-state index contributed by atoms with van der Waals surface area (Å²) in [5.41, 5.74) is 1.04. The Kier molecular flexibility index (Phi) is 4.20. The van der Waals surface area contributed by atoms with E-state index < -0.39 is 5.97 Å². The fraction of sp³-hybridized carbons (Fsp3) is 0. The highest BCUT2D eigenvalue weighted by Crippen LogP contribution is 2.28. The Bertz CT molecular complexity index is 831. The van der Waals surface area contributed by atoms with Crippen molar-refractivity contribution in [3.63, 3.8) is 0 Å². The van der Waals surface area contributed by atoms with Crippen molar-refractivity contribution in [3.8, 4) is 0 Å². The molecule has 0 atom stereocenters. The van der Waals surface area contributed by atoms with Crippen LogP contribution in [0.15, 0.2) is 58.6 Å². The molecule has 2 aromatic rings. The van der Waals surface area contributed by atoms with Crippen LogP contribution in [0.1, 0.15) is 16.1 Å². The van der Waals surface area contributed by atoms with E-state index in [1.54, 1.807) is 42.6 Å². The Morgan fingerprint density at radius 3 is 2.74 bits per heavy atom. The third-order valence-electron chi connectivity index (χ3n) is 2.97. The first kappa shape index (κ1) is 15.0. The fourth-order valence-electron chi connectivity index (χ4n) is 1.94. The smallest absolute Gasteiger partial charge is 0.337 e. The van der Waals surface area contributed by atoms with Crippen LogP contribution >= 0.6 is 11.8 Å². The second-order valence-corrected chi connectivity index (χ2v) is 5.59. The molecule has 0 radical (unpaired) electrons. The number of aromatic carboxylic acids is 1. The molecule has 1 aliphatic rings. The van der Waals surface area contributed by atoms with Crippen LogP contribution in [-0.4, -0.2) is 27.1 Å². The van der Waals surface area contributed by atoms with Gasteiger partial charge in [0.1, 0.15) is 0 Å². The molecule has 6 nitrogen and oxygen atoms in total. The number of pyridine rings is 1. The molecule has 0 saturated carbocycles. The molecule has 0 bridgehead atoms. The standard InChI is InChI=1S/C16H11N3O3S/c20-14-13(9-10-5-3-4-8-17-10)23-16(19-14)18-12-7-2-1-6-11(12)15(21)22/h1-9H,(H,21,22)(H,18,19,20)/b13-9-. The molecule has 2 heterocycles. The SMILES string of the molecule is O=C1NC(=Nc2ccccc2C(=O)O)S/C1=C\c1ccccn1. The van der Waals surface area contributed by atoms with Crippen LogP contribution in [0.3, 0.4) is 0 Å². The van der Waals surface area contributed by atoms with E-state index in [2.05, 4.69) is 15.3 Å². The predicted octanol–water partition coefficient (Wildman–Crippen LogP) is 2.67. The summed E-state index contributed by atoms with van der Waals surface area (Å²) in [4.78, 5) is 32.0. The largest absolute Gasteiger partial charge is 0.478 e. The first-order valence-electron chi connectivity index (χ1n) is 6.66. The average molecular weight is 325 g/mol. The molecule has 114 valence electrons. The predicted molar refractivity (Wildman–Crippen MR) is 88.4 cm³/mol. The topological polar surface area (TPSA) is 91.7 Å². The summed E-state index contributed by atoms with van der Waals surface area (Å²) in [6.45, 7) is 0. The minimum absolute atomic E-state index is 0.0806. The number of amidine groups is 1. The summed E-state index contributed by atoms with van der Waals surface area (Å²) in [7, 11) is 0. The molecule has 1 aromatic heterocycles. The molecule has 2 N–H and O–H groups in total. The number of amides is 1. The molecule has 7 heteroatoms. The van der Waals surface area contributed by atoms with Gasteiger partial charge in [0, 0.05) is 6.20 Å². The maximum atomic E-state index is 12.0. The second-order valence-electron chi connectivity index (χ2n) is 4.56. The maximum absolute atomic E-state index is 12.0. The molecule has 1 fully saturated rings. The van der Waals surface area contributed by atoms with Crippen molar-refractivity contribution in [2.45, 2.75) is 0 Å². The Balaban J connectivity index is 1.88. The van der Waals surface area contributed by atoms with Gasteiger partial charge in [0.2, 0.25) is 0 Å². The lowest BCUT2D eigenvalue weighted by molar-refractivity contribution is -0.115. The number of hydrogen-bond donors (Lipinski definition) is 2. The molecule has 23 heavy (non-hydrogen) atoms. The Hall–Kier alpha value is -2.93. The minimum atomic E-state index is -1.07.